The van der Waals surface area contributed by atoms with Crippen LogP contribution in [0.15, 0.2) is 24.3 Å². The SMILES string of the molecule is C[C@@H]1[C@H](C(=O)O)CCCN1C(=O)C1CC1c1ccccc1OC(F)(F)F. The second-order valence-corrected chi connectivity index (χ2v) is 6.89. The molecule has 0 aromatic heterocycles. The fraction of sp³-hybridized carbons (Fsp3) is 0.556. The van der Waals surface area contributed by atoms with Gasteiger partial charge in [-0.05, 0) is 43.7 Å². The Bertz CT molecular complexity index is 706. The third kappa shape index (κ3) is 3.78. The van der Waals surface area contributed by atoms with Gasteiger partial charge in [-0.2, -0.15) is 0 Å². The number of ether oxygens (including phenoxy) is 1. The second-order valence-electron chi connectivity index (χ2n) is 6.89. The van der Waals surface area contributed by atoms with Gasteiger partial charge in [-0.15, -0.1) is 13.2 Å². The standard InChI is InChI=1S/C18H20F3NO4/c1-10-11(17(24)25)6-4-8-22(10)16(23)14-9-13(14)12-5-2-3-7-15(12)26-18(19,20)21/h2-3,5,7,10-11,13-14H,4,6,8-9H2,1H3,(H,24,25)/t10-,11-,13?,14?/m1/s1. The number of piperidine rings is 1. The minimum absolute atomic E-state index is 0.185. The molecule has 1 amide bonds. The largest absolute Gasteiger partial charge is 0.573 e. The molecule has 2 aliphatic rings. The fourth-order valence-corrected chi connectivity index (χ4v) is 3.81. The number of hydrogen-bond donors (Lipinski definition) is 1. The molecule has 1 aromatic carbocycles. The number of carboxylic acid groups (broad SMARTS) is 1. The lowest BCUT2D eigenvalue weighted by Crippen LogP contribution is -2.49. The molecule has 0 radical (unpaired) electrons. The summed E-state index contributed by atoms with van der Waals surface area (Å²) < 4.78 is 41.8. The summed E-state index contributed by atoms with van der Waals surface area (Å²) >= 11 is 0. The number of aliphatic carboxylic acids is 1. The summed E-state index contributed by atoms with van der Waals surface area (Å²) in [6, 6.07) is 5.43. The third-order valence-corrected chi connectivity index (χ3v) is 5.24. The molecule has 26 heavy (non-hydrogen) atoms. The van der Waals surface area contributed by atoms with Crippen molar-refractivity contribution in [2.24, 2.45) is 11.8 Å². The Hall–Kier alpha value is -2.25. The van der Waals surface area contributed by atoms with Crippen LogP contribution in [0.3, 0.4) is 0 Å². The number of hydrogen-bond acceptors (Lipinski definition) is 3. The molecule has 0 bridgehead atoms. The number of nitrogens with zero attached hydrogens (tertiary/aromatic N) is 1. The summed E-state index contributed by atoms with van der Waals surface area (Å²) in [5, 5.41) is 9.28. The first-order chi connectivity index (χ1) is 12.2. The van der Waals surface area contributed by atoms with Crippen molar-refractivity contribution >= 4 is 11.9 Å². The molecular formula is C18H20F3NO4. The van der Waals surface area contributed by atoms with E-state index in [0.29, 0.717) is 31.4 Å². The van der Waals surface area contributed by atoms with Crippen molar-refractivity contribution in [2.45, 2.75) is 44.5 Å². The van der Waals surface area contributed by atoms with Crippen LogP contribution in [0.1, 0.15) is 37.7 Å². The van der Waals surface area contributed by atoms with Crippen molar-refractivity contribution in [2.75, 3.05) is 6.54 Å². The highest BCUT2D eigenvalue weighted by atomic mass is 19.4. The topological polar surface area (TPSA) is 66.8 Å². The molecule has 5 nitrogen and oxygen atoms in total. The van der Waals surface area contributed by atoms with E-state index in [0.717, 1.165) is 0 Å². The van der Waals surface area contributed by atoms with Crippen molar-refractivity contribution in [1.29, 1.82) is 0 Å². The van der Waals surface area contributed by atoms with Gasteiger partial charge in [-0.25, -0.2) is 0 Å². The zero-order valence-corrected chi connectivity index (χ0v) is 14.2. The highest BCUT2D eigenvalue weighted by Gasteiger charge is 2.49. The number of carboxylic acids is 1. The highest BCUT2D eigenvalue weighted by molar-refractivity contribution is 5.84. The van der Waals surface area contributed by atoms with Crippen LogP contribution in [-0.4, -0.2) is 40.8 Å². The van der Waals surface area contributed by atoms with Crippen LogP contribution >= 0.6 is 0 Å². The number of para-hydroxylation sites is 1. The summed E-state index contributed by atoms with van der Waals surface area (Å²) in [5.74, 6) is -2.76. The second kappa shape index (κ2) is 6.81. The Labute approximate surface area is 148 Å². The van der Waals surface area contributed by atoms with E-state index in [1.807, 2.05) is 0 Å². The van der Waals surface area contributed by atoms with Crippen LogP contribution < -0.4 is 4.74 Å². The van der Waals surface area contributed by atoms with Gasteiger partial charge in [-0.1, -0.05) is 18.2 Å². The number of carbonyl (C=O) groups excluding carboxylic acids is 1. The molecule has 1 saturated heterocycles. The Kier molecular flexibility index (Phi) is 4.86. The van der Waals surface area contributed by atoms with Gasteiger partial charge in [0, 0.05) is 18.5 Å². The van der Waals surface area contributed by atoms with E-state index in [4.69, 9.17) is 0 Å². The number of rotatable bonds is 4. The lowest BCUT2D eigenvalue weighted by Gasteiger charge is -2.37. The molecule has 1 heterocycles. The van der Waals surface area contributed by atoms with Crippen molar-refractivity contribution in [3.8, 4) is 5.75 Å². The summed E-state index contributed by atoms with van der Waals surface area (Å²) in [4.78, 5) is 25.7. The van der Waals surface area contributed by atoms with Crippen LogP contribution in [0.5, 0.6) is 5.75 Å². The third-order valence-electron chi connectivity index (χ3n) is 5.24. The number of alkyl halides is 3. The van der Waals surface area contributed by atoms with Gasteiger partial charge in [0.25, 0.3) is 0 Å². The number of halogens is 3. The first kappa shape index (κ1) is 18.5. The Morgan fingerprint density at radius 3 is 2.58 bits per heavy atom. The first-order valence-electron chi connectivity index (χ1n) is 8.57. The number of likely N-dealkylation sites (tertiary alicyclic amines) is 1. The molecule has 0 spiro atoms. The molecule has 142 valence electrons. The summed E-state index contributed by atoms with van der Waals surface area (Å²) in [6.07, 6.45) is -3.21. The van der Waals surface area contributed by atoms with Crippen LogP contribution in [0.4, 0.5) is 13.2 Å². The number of benzene rings is 1. The van der Waals surface area contributed by atoms with Gasteiger partial charge >= 0.3 is 12.3 Å². The van der Waals surface area contributed by atoms with Crippen molar-refractivity contribution < 1.29 is 32.6 Å². The lowest BCUT2D eigenvalue weighted by atomic mass is 9.90. The molecule has 4 atom stereocenters. The van der Waals surface area contributed by atoms with E-state index in [-0.39, 0.29) is 17.6 Å². The van der Waals surface area contributed by atoms with Crippen LogP contribution in [0.2, 0.25) is 0 Å². The maximum absolute atomic E-state index is 12.8. The molecule has 1 N–H and O–H groups in total. The predicted molar refractivity (Wildman–Crippen MR) is 85.5 cm³/mol. The fourth-order valence-electron chi connectivity index (χ4n) is 3.81. The molecule has 8 heteroatoms. The molecule has 1 saturated carbocycles. The van der Waals surface area contributed by atoms with Crippen LogP contribution in [0, 0.1) is 11.8 Å². The highest BCUT2D eigenvalue weighted by Crippen LogP contribution is 2.52. The lowest BCUT2D eigenvalue weighted by molar-refractivity contribution is -0.274. The number of carbonyl (C=O) groups is 2. The Morgan fingerprint density at radius 2 is 1.92 bits per heavy atom. The molecule has 1 aliphatic carbocycles. The summed E-state index contributed by atoms with van der Waals surface area (Å²) in [6.45, 7) is 2.20. The minimum atomic E-state index is -4.79. The molecule has 3 rings (SSSR count). The average molecular weight is 371 g/mol. The molecule has 2 fully saturated rings. The van der Waals surface area contributed by atoms with Crippen molar-refractivity contribution in [3.05, 3.63) is 29.8 Å². The van der Waals surface area contributed by atoms with Crippen LogP contribution in [-0.2, 0) is 9.59 Å². The average Bonchev–Trinajstić information content (AvgIpc) is 3.33. The van der Waals surface area contributed by atoms with Gasteiger partial charge < -0.3 is 14.7 Å². The van der Waals surface area contributed by atoms with Gasteiger partial charge in [0.05, 0.1) is 5.92 Å². The quantitative estimate of drug-likeness (QED) is 0.881. The van der Waals surface area contributed by atoms with E-state index < -0.39 is 30.2 Å². The van der Waals surface area contributed by atoms with E-state index in [9.17, 15) is 27.9 Å². The molecule has 1 aromatic rings. The maximum atomic E-state index is 12.8. The van der Waals surface area contributed by atoms with E-state index in [1.165, 1.54) is 12.1 Å². The smallest absolute Gasteiger partial charge is 0.481 e. The monoisotopic (exact) mass is 371 g/mol. The maximum Gasteiger partial charge on any atom is 0.573 e. The van der Waals surface area contributed by atoms with E-state index in [2.05, 4.69) is 4.74 Å². The minimum Gasteiger partial charge on any atom is -0.481 e. The Morgan fingerprint density at radius 1 is 1.23 bits per heavy atom. The van der Waals surface area contributed by atoms with Gasteiger partial charge in [0.15, 0.2) is 0 Å². The van der Waals surface area contributed by atoms with Crippen molar-refractivity contribution in [3.63, 3.8) is 0 Å². The van der Waals surface area contributed by atoms with Crippen LogP contribution in [0.25, 0.3) is 0 Å². The van der Waals surface area contributed by atoms with Crippen molar-refractivity contribution in [1.82, 2.24) is 4.90 Å². The molecular weight excluding hydrogens is 351 g/mol. The summed E-state index contributed by atoms with van der Waals surface area (Å²) in [5.41, 5.74) is 0.364. The molecule has 1 aliphatic heterocycles. The van der Waals surface area contributed by atoms with Gasteiger partial charge in [-0.3, -0.25) is 9.59 Å². The zero-order valence-electron chi connectivity index (χ0n) is 14.2. The predicted octanol–water partition coefficient (Wildman–Crippen LogP) is 3.40. The Balaban J connectivity index is 1.73. The van der Waals surface area contributed by atoms with Gasteiger partial charge in [0.2, 0.25) is 5.91 Å². The van der Waals surface area contributed by atoms with E-state index in [1.54, 1.807) is 24.0 Å². The first-order valence-corrected chi connectivity index (χ1v) is 8.57. The van der Waals surface area contributed by atoms with E-state index >= 15 is 0 Å². The van der Waals surface area contributed by atoms with Gasteiger partial charge in [0.1, 0.15) is 5.75 Å². The zero-order chi connectivity index (χ0) is 19.1. The molecule has 2 unspecified atom stereocenters. The summed E-state index contributed by atoms with van der Waals surface area (Å²) in [7, 11) is 0. The normalized spacial score (nSPS) is 28.5. The number of amides is 1.